The molecular formula is C36H52N2O4. The average Bonchev–Trinajstić information content (AvgIpc) is 3.41. The van der Waals surface area contributed by atoms with Crippen molar-refractivity contribution in [2.45, 2.75) is 137 Å². The van der Waals surface area contributed by atoms with Crippen molar-refractivity contribution in [3.05, 3.63) is 23.2 Å². The highest BCUT2D eigenvalue weighted by Gasteiger charge is 2.72. The number of ether oxygens (including phenoxy) is 1. The van der Waals surface area contributed by atoms with Gasteiger partial charge in [0, 0.05) is 23.3 Å². The number of rotatable bonds is 2. The van der Waals surface area contributed by atoms with E-state index in [2.05, 4.69) is 44.8 Å². The molecule has 0 saturated heterocycles. The number of ketones is 2. The first-order valence-electron chi connectivity index (χ1n) is 16.7. The number of carbonyl (C=O) groups excluding carboxylic acids is 3. The molecule has 1 N–H and O–H groups in total. The number of nitrogens with zero attached hydrogens (tertiary/aromatic N) is 1. The molecule has 6 aliphatic rings. The summed E-state index contributed by atoms with van der Waals surface area (Å²) in [5.41, 5.74) is -1.41. The monoisotopic (exact) mass is 576 g/mol. The Bertz CT molecular complexity index is 1270. The zero-order valence-corrected chi connectivity index (χ0v) is 27.0. The van der Waals surface area contributed by atoms with Gasteiger partial charge in [0.15, 0.2) is 5.78 Å². The molecular weight excluding hydrogens is 524 g/mol. The topological polar surface area (TPSA) is 76.8 Å². The molecule has 6 rings (SSSR count). The van der Waals surface area contributed by atoms with E-state index in [1.165, 1.54) is 0 Å². The van der Waals surface area contributed by atoms with Crippen molar-refractivity contribution in [2.75, 3.05) is 0 Å². The summed E-state index contributed by atoms with van der Waals surface area (Å²) in [5.74, 6) is 0.417. The fourth-order valence-corrected chi connectivity index (χ4v) is 11.9. The van der Waals surface area contributed by atoms with E-state index in [1.807, 2.05) is 19.9 Å². The van der Waals surface area contributed by atoms with Gasteiger partial charge in [-0.1, -0.05) is 54.5 Å². The lowest BCUT2D eigenvalue weighted by Crippen LogP contribution is -2.72. The SMILES string of the molecule is [C-]#[N+]C1=C[C@]2(C)[C@H]3CC(=O)C4C5CC(C)(C)CC[C@]5(NC(=O)OC5CCCC5)CC[C@@]4(C)[C@]3(C)CC[C@H]2C(C)(C)C1=O. The van der Waals surface area contributed by atoms with Crippen LogP contribution in [0.1, 0.15) is 126 Å². The highest BCUT2D eigenvalue weighted by atomic mass is 16.6. The molecule has 8 atom stereocenters. The van der Waals surface area contributed by atoms with Gasteiger partial charge in [0.2, 0.25) is 5.70 Å². The summed E-state index contributed by atoms with van der Waals surface area (Å²) >= 11 is 0. The molecule has 42 heavy (non-hydrogen) atoms. The maximum atomic E-state index is 14.7. The first-order chi connectivity index (χ1) is 19.5. The molecule has 6 nitrogen and oxygen atoms in total. The zero-order chi connectivity index (χ0) is 30.5. The number of fused-ring (bicyclic) bond motifs is 7. The molecule has 0 aromatic heterocycles. The minimum Gasteiger partial charge on any atom is -0.446 e. The highest BCUT2D eigenvalue weighted by Crippen LogP contribution is 2.74. The van der Waals surface area contributed by atoms with Crippen LogP contribution in [0.2, 0.25) is 0 Å². The van der Waals surface area contributed by atoms with Gasteiger partial charge in [-0.3, -0.25) is 4.79 Å². The quantitative estimate of drug-likeness (QED) is 0.337. The van der Waals surface area contributed by atoms with Crippen LogP contribution in [0.5, 0.6) is 0 Å². The second kappa shape index (κ2) is 9.42. The summed E-state index contributed by atoms with van der Waals surface area (Å²) < 4.78 is 5.93. The van der Waals surface area contributed by atoms with Gasteiger partial charge in [-0.05, 0) is 110 Å². The molecule has 0 spiro atoms. The van der Waals surface area contributed by atoms with Gasteiger partial charge in [-0.15, -0.1) is 0 Å². The predicted molar refractivity (Wildman–Crippen MR) is 162 cm³/mol. The van der Waals surface area contributed by atoms with Crippen molar-refractivity contribution in [2.24, 2.45) is 50.7 Å². The van der Waals surface area contributed by atoms with Gasteiger partial charge < -0.3 is 14.8 Å². The largest absolute Gasteiger partial charge is 0.446 e. The third kappa shape index (κ3) is 4.03. The summed E-state index contributed by atoms with van der Waals surface area (Å²) in [7, 11) is 0. The highest BCUT2D eigenvalue weighted by molar-refractivity contribution is 6.02. The van der Waals surface area contributed by atoms with E-state index in [0.29, 0.717) is 12.2 Å². The van der Waals surface area contributed by atoms with E-state index in [4.69, 9.17) is 11.3 Å². The fraction of sp³-hybridized carbons (Fsp3) is 0.833. The summed E-state index contributed by atoms with van der Waals surface area (Å²) in [6.45, 7) is 23.5. The average molecular weight is 577 g/mol. The molecule has 0 heterocycles. The van der Waals surface area contributed by atoms with E-state index in [1.54, 1.807) is 0 Å². The van der Waals surface area contributed by atoms with E-state index in [-0.39, 0.29) is 63.6 Å². The molecule has 6 aliphatic carbocycles. The first-order valence-corrected chi connectivity index (χ1v) is 16.7. The Morgan fingerprint density at radius 1 is 0.905 bits per heavy atom. The molecule has 230 valence electrons. The smallest absolute Gasteiger partial charge is 0.407 e. The minimum atomic E-state index is -0.621. The van der Waals surface area contributed by atoms with Crippen LogP contribution in [-0.2, 0) is 14.3 Å². The van der Waals surface area contributed by atoms with E-state index in [9.17, 15) is 14.4 Å². The lowest BCUT2D eigenvalue weighted by atomic mass is 9.32. The van der Waals surface area contributed by atoms with Crippen LogP contribution in [0.4, 0.5) is 4.79 Å². The zero-order valence-electron chi connectivity index (χ0n) is 27.0. The maximum Gasteiger partial charge on any atom is 0.407 e. The molecule has 0 bridgehead atoms. The van der Waals surface area contributed by atoms with Crippen LogP contribution in [0.3, 0.4) is 0 Å². The van der Waals surface area contributed by atoms with Crippen molar-refractivity contribution < 1.29 is 19.1 Å². The molecule has 0 aliphatic heterocycles. The van der Waals surface area contributed by atoms with Gasteiger partial charge in [0.1, 0.15) is 11.9 Å². The van der Waals surface area contributed by atoms with Crippen LogP contribution in [0.25, 0.3) is 4.85 Å². The Hall–Kier alpha value is -2.16. The van der Waals surface area contributed by atoms with Crippen molar-refractivity contribution in [1.82, 2.24) is 5.32 Å². The summed E-state index contributed by atoms with van der Waals surface area (Å²) in [4.78, 5) is 45.1. The lowest BCUT2D eigenvalue weighted by Gasteiger charge is -2.72. The normalized spacial score (nSPS) is 45.8. The van der Waals surface area contributed by atoms with Gasteiger partial charge in [-0.25, -0.2) is 9.64 Å². The summed E-state index contributed by atoms with van der Waals surface area (Å²) in [6, 6.07) is 0. The van der Waals surface area contributed by atoms with Crippen LogP contribution >= 0.6 is 0 Å². The molecule has 5 saturated carbocycles. The molecule has 6 heteroatoms. The maximum absolute atomic E-state index is 14.7. The van der Waals surface area contributed by atoms with E-state index >= 15 is 0 Å². The standard InChI is InChI=1S/C36H52N2O4/c1-31(2)15-17-36(38-30(41)42-22-11-9-10-12-22)18-16-35(7)28(23(36)20-31)25(39)19-27-33(5)21-24(37-8)29(40)32(3,4)26(33)13-14-34(27,35)6/h21-23,26-28H,9-20H2,1-7H3,(H,38,41)/t23?,26-,27+,28?,33-,34+,35+,36-/m0/s1. The van der Waals surface area contributed by atoms with Crippen molar-refractivity contribution >= 4 is 17.7 Å². The third-order valence-corrected chi connectivity index (χ3v) is 14.4. The number of hydrogen-bond donors (Lipinski definition) is 1. The number of carbonyl (C=O) groups is 3. The molecule has 0 aromatic carbocycles. The van der Waals surface area contributed by atoms with Crippen molar-refractivity contribution in [3.63, 3.8) is 0 Å². The number of alkyl carbamates (subject to hydrolysis) is 1. The number of amides is 1. The Morgan fingerprint density at radius 2 is 1.57 bits per heavy atom. The Balaban J connectivity index is 1.39. The minimum absolute atomic E-state index is 0.0145. The molecule has 0 radical (unpaired) electrons. The Labute approximate surface area is 253 Å². The van der Waals surface area contributed by atoms with Crippen molar-refractivity contribution in [3.8, 4) is 0 Å². The fourth-order valence-electron chi connectivity index (χ4n) is 11.9. The second-order valence-corrected chi connectivity index (χ2v) is 17.3. The molecule has 5 fully saturated rings. The second-order valence-electron chi connectivity index (χ2n) is 17.3. The number of hydrogen-bond acceptors (Lipinski definition) is 4. The van der Waals surface area contributed by atoms with Crippen LogP contribution < -0.4 is 5.32 Å². The predicted octanol–water partition coefficient (Wildman–Crippen LogP) is 8.06. The van der Waals surface area contributed by atoms with E-state index < -0.39 is 16.4 Å². The van der Waals surface area contributed by atoms with Crippen molar-refractivity contribution in [1.29, 1.82) is 0 Å². The summed E-state index contributed by atoms with van der Waals surface area (Å²) in [6.07, 6.45) is 12.8. The molecule has 1 amide bonds. The van der Waals surface area contributed by atoms with Gasteiger partial charge >= 0.3 is 6.09 Å². The van der Waals surface area contributed by atoms with Crippen LogP contribution in [0.15, 0.2) is 11.8 Å². The molecule has 2 unspecified atom stereocenters. The van der Waals surface area contributed by atoms with Gasteiger partial charge in [0.25, 0.3) is 0 Å². The van der Waals surface area contributed by atoms with Crippen LogP contribution in [0, 0.1) is 57.3 Å². The Kier molecular flexibility index (Phi) is 6.70. The molecule has 0 aromatic rings. The number of allylic oxidation sites excluding steroid dienone is 2. The lowest BCUT2D eigenvalue weighted by molar-refractivity contribution is -0.214. The number of nitrogens with one attached hydrogen (secondary N) is 1. The van der Waals surface area contributed by atoms with E-state index in [0.717, 1.165) is 70.6 Å². The first kappa shape index (κ1) is 29.9. The number of Topliss-reactive ketones (excluding diaryl/α,β-unsaturated/α-hetero) is 2. The van der Waals surface area contributed by atoms with Gasteiger partial charge in [-0.2, -0.15) is 0 Å². The van der Waals surface area contributed by atoms with Crippen LogP contribution in [-0.4, -0.2) is 29.3 Å². The Morgan fingerprint density at radius 3 is 2.24 bits per heavy atom. The summed E-state index contributed by atoms with van der Waals surface area (Å²) in [5, 5.41) is 3.44. The van der Waals surface area contributed by atoms with Gasteiger partial charge in [0.05, 0.1) is 6.57 Å². The third-order valence-electron chi connectivity index (χ3n) is 14.4.